The van der Waals surface area contributed by atoms with Crippen LogP contribution in [0.1, 0.15) is 20.3 Å². The molecule has 1 atom stereocenters. The molecule has 2 aliphatic rings. The molecule has 0 aromatic carbocycles. The van der Waals surface area contributed by atoms with Gasteiger partial charge in [-0.2, -0.15) is 5.57 Å². The molecule has 4 heteroatoms. The summed E-state index contributed by atoms with van der Waals surface area (Å²) >= 11 is 1.87. The molecule has 0 N–H and O–H groups in total. The standard InChI is InChI=1S/C9H12NOS.Rb/c1-3-7-5-12-9-4-8(11)10(9)6(7)2;/h3,9H,4-5H2,1-2H3;/q-1;+1/t9-;/m1./s1. The Hall–Kier alpha value is 1.24. The monoisotopic (exact) mass is 267 g/mol. The van der Waals surface area contributed by atoms with Gasteiger partial charge in [0.15, 0.2) is 0 Å². The van der Waals surface area contributed by atoms with Gasteiger partial charge in [0.05, 0.1) is 11.8 Å². The normalized spacial score (nSPS) is 26.2. The smallest absolute Gasteiger partial charge is 0.383 e. The van der Waals surface area contributed by atoms with Crippen molar-refractivity contribution in [1.82, 2.24) is 4.90 Å². The Labute approximate surface area is 132 Å². The number of rotatable bonds is 1. The molecule has 2 heterocycles. The summed E-state index contributed by atoms with van der Waals surface area (Å²) in [5.41, 5.74) is 2.47. The maximum atomic E-state index is 11.2. The molecule has 0 spiro atoms. The zero-order valence-corrected chi connectivity index (χ0v) is 14.1. The van der Waals surface area contributed by atoms with Crippen LogP contribution in [0.2, 0.25) is 0 Å². The van der Waals surface area contributed by atoms with Gasteiger partial charge in [-0.1, -0.05) is 6.92 Å². The van der Waals surface area contributed by atoms with Crippen LogP contribution in [-0.2, 0) is 4.79 Å². The van der Waals surface area contributed by atoms with E-state index in [1.807, 2.05) is 30.5 Å². The first-order chi connectivity index (χ1) is 5.74. The minimum atomic E-state index is 0. The first-order valence-electron chi connectivity index (χ1n) is 4.17. The minimum Gasteiger partial charge on any atom is -0.383 e. The Balaban J connectivity index is 0.000000845. The van der Waals surface area contributed by atoms with Crippen LogP contribution in [0.5, 0.6) is 0 Å². The van der Waals surface area contributed by atoms with E-state index in [1.54, 1.807) is 0 Å². The third kappa shape index (κ3) is 2.10. The van der Waals surface area contributed by atoms with Crippen molar-refractivity contribution >= 4 is 17.7 Å². The molecule has 1 saturated heterocycles. The number of nitrogens with zero attached hydrogens (tertiary/aromatic N) is 1. The molecule has 1 amide bonds. The number of allylic oxidation sites excluding steroid dienone is 1. The third-order valence-electron chi connectivity index (χ3n) is 2.51. The predicted octanol–water partition coefficient (Wildman–Crippen LogP) is -1.21. The largest absolute Gasteiger partial charge is 1.00 e. The number of β-lactam (4-membered cyclic amide) rings is 1. The molecule has 13 heavy (non-hydrogen) atoms. The summed E-state index contributed by atoms with van der Waals surface area (Å²) in [6.07, 6.45) is 2.84. The van der Waals surface area contributed by atoms with Gasteiger partial charge in [0.25, 0.3) is 0 Å². The van der Waals surface area contributed by atoms with E-state index in [1.165, 1.54) is 5.57 Å². The number of amides is 1. The molecule has 0 radical (unpaired) electrons. The van der Waals surface area contributed by atoms with Crippen molar-refractivity contribution in [3.05, 3.63) is 17.7 Å². The van der Waals surface area contributed by atoms with Crippen molar-refractivity contribution in [3.8, 4) is 0 Å². The van der Waals surface area contributed by atoms with E-state index in [4.69, 9.17) is 0 Å². The van der Waals surface area contributed by atoms with Gasteiger partial charge in [-0.15, -0.1) is 24.4 Å². The van der Waals surface area contributed by atoms with Crippen LogP contribution >= 0.6 is 11.8 Å². The first-order valence-corrected chi connectivity index (χ1v) is 5.21. The molecule has 1 fully saturated rings. The maximum Gasteiger partial charge on any atom is 1.00 e. The second kappa shape index (κ2) is 4.84. The maximum absolute atomic E-state index is 11.2. The van der Waals surface area contributed by atoms with E-state index >= 15 is 0 Å². The van der Waals surface area contributed by atoms with Crippen molar-refractivity contribution in [1.29, 1.82) is 0 Å². The van der Waals surface area contributed by atoms with E-state index < -0.39 is 0 Å². The van der Waals surface area contributed by atoms with E-state index in [9.17, 15) is 4.79 Å². The predicted molar refractivity (Wildman–Crippen MR) is 50.4 cm³/mol. The molecular formula is C9H12NORbS. The van der Waals surface area contributed by atoms with Crippen LogP contribution < -0.4 is 58.2 Å². The fourth-order valence-electron chi connectivity index (χ4n) is 1.66. The van der Waals surface area contributed by atoms with Crippen molar-refractivity contribution < 1.29 is 63.0 Å². The zero-order chi connectivity index (χ0) is 8.72. The number of fused-ring (bicyclic) bond motifs is 1. The molecule has 0 aromatic heterocycles. The number of hydrogen-bond acceptors (Lipinski definition) is 2. The number of thioether (sulfide) groups is 1. The third-order valence-corrected chi connectivity index (χ3v) is 3.75. The Bertz CT molecular complexity index is 264. The van der Waals surface area contributed by atoms with Gasteiger partial charge >= 0.3 is 58.2 Å². The fraction of sp³-hybridized carbons (Fsp3) is 0.556. The molecule has 2 aliphatic heterocycles. The summed E-state index contributed by atoms with van der Waals surface area (Å²) < 4.78 is 0. The second-order valence-electron chi connectivity index (χ2n) is 3.13. The summed E-state index contributed by atoms with van der Waals surface area (Å²) in [7, 11) is 0. The Kier molecular flexibility index (Phi) is 4.58. The Morgan fingerprint density at radius 3 is 2.85 bits per heavy atom. The SMILES string of the molecule is C[CH-]C1=C(C)N2C(=O)C[C@H]2SC1.[Rb+]. The summed E-state index contributed by atoms with van der Waals surface area (Å²) in [4.78, 5) is 13.1. The van der Waals surface area contributed by atoms with Crippen LogP contribution in [0.3, 0.4) is 0 Å². The van der Waals surface area contributed by atoms with Gasteiger partial charge in [-0.3, -0.25) is 4.79 Å². The van der Waals surface area contributed by atoms with Crippen LogP contribution in [0, 0.1) is 6.42 Å². The van der Waals surface area contributed by atoms with E-state index in [2.05, 4.69) is 6.42 Å². The number of hydrogen-bond donors (Lipinski definition) is 0. The Morgan fingerprint density at radius 2 is 2.31 bits per heavy atom. The van der Waals surface area contributed by atoms with Crippen LogP contribution in [0.4, 0.5) is 0 Å². The Morgan fingerprint density at radius 1 is 1.62 bits per heavy atom. The van der Waals surface area contributed by atoms with Crippen molar-refractivity contribution in [2.45, 2.75) is 25.6 Å². The van der Waals surface area contributed by atoms with Crippen molar-refractivity contribution in [2.24, 2.45) is 0 Å². The zero-order valence-electron chi connectivity index (χ0n) is 8.33. The van der Waals surface area contributed by atoms with E-state index in [0.717, 1.165) is 17.9 Å². The first kappa shape index (κ1) is 12.3. The van der Waals surface area contributed by atoms with Crippen molar-refractivity contribution in [3.63, 3.8) is 0 Å². The quantitative estimate of drug-likeness (QED) is 0.439. The van der Waals surface area contributed by atoms with E-state index in [-0.39, 0.29) is 64.1 Å². The molecule has 2 rings (SSSR count). The average Bonchev–Trinajstić information content (AvgIpc) is 2.02. The summed E-state index contributed by atoms with van der Waals surface area (Å²) in [5.74, 6) is 1.35. The van der Waals surface area contributed by atoms with E-state index in [0.29, 0.717) is 5.37 Å². The van der Waals surface area contributed by atoms with Crippen LogP contribution in [-0.4, -0.2) is 21.9 Å². The summed E-state index contributed by atoms with van der Waals surface area (Å²) in [5, 5.41) is 0.446. The van der Waals surface area contributed by atoms with Gasteiger partial charge < -0.3 is 4.90 Å². The number of carbonyl (C=O) groups is 1. The number of carbonyl (C=O) groups excluding carboxylic acids is 1. The molecule has 0 aromatic rings. The topological polar surface area (TPSA) is 20.3 Å². The average molecular weight is 268 g/mol. The van der Waals surface area contributed by atoms with Gasteiger partial charge in [-0.25, -0.2) is 6.42 Å². The van der Waals surface area contributed by atoms with Gasteiger partial charge in [0.1, 0.15) is 0 Å². The van der Waals surface area contributed by atoms with Crippen LogP contribution in [0.15, 0.2) is 11.3 Å². The molecule has 0 aliphatic carbocycles. The minimum absolute atomic E-state index is 0. The second-order valence-corrected chi connectivity index (χ2v) is 4.30. The van der Waals surface area contributed by atoms with Gasteiger partial charge in [-0.05, 0) is 5.75 Å². The molecule has 0 bridgehead atoms. The summed E-state index contributed by atoms with van der Waals surface area (Å²) in [6.45, 7) is 4.07. The molecule has 2 nitrogen and oxygen atoms in total. The summed E-state index contributed by atoms with van der Waals surface area (Å²) in [6, 6.07) is 0. The van der Waals surface area contributed by atoms with Crippen LogP contribution in [0.25, 0.3) is 0 Å². The van der Waals surface area contributed by atoms with Crippen molar-refractivity contribution in [2.75, 3.05) is 5.75 Å². The van der Waals surface area contributed by atoms with Gasteiger partial charge in [0, 0.05) is 0 Å². The molecule has 0 saturated carbocycles. The fourth-order valence-corrected chi connectivity index (χ4v) is 3.09. The molecule has 66 valence electrons. The van der Waals surface area contributed by atoms with Gasteiger partial charge in [0.2, 0.25) is 5.91 Å². The molecule has 0 unspecified atom stereocenters. The molecular weight excluding hydrogens is 256 g/mol.